The molecule has 30 heavy (non-hydrogen) atoms. The minimum atomic E-state index is 0.520. The maximum Gasteiger partial charge on any atom is 0.226 e. The van der Waals surface area contributed by atoms with Crippen LogP contribution >= 0.6 is 0 Å². The molecule has 1 aliphatic heterocycles. The predicted molar refractivity (Wildman–Crippen MR) is 118 cm³/mol. The second kappa shape index (κ2) is 10.1. The molecule has 0 atom stereocenters. The van der Waals surface area contributed by atoms with Crippen molar-refractivity contribution in [2.24, 2.45) is 0 Å². The molecule has 1 aliphatic rings. The molecule has 0 spiro atoms. The number of methoxy groups -OCH3 is 2. The normalized spacial score (nSPS) is 11.6. The third-order valence-electron chi connectivity index (χ3n) is 5.17. The number of nitrogens with one attached hydrogen (secondary N) is 2. The van der Waals surface area contributed by atoms with Crippen LogP contribution in [0, 0.1) is 11.3 Å². The van der Waals surface area contributed by atoms with Crippen molar-refractivity contribution in [2.75, 3.05) is 37.9 Å². The van der Waals surface area contributed by atoms with Crippen LogP contribution in [0.3, 0.4) is 0 Å². The van der Waals surface area contributed by atoms with Crippen LogP contribution in [-0.4, -0.2) is 32.3 Å². The van der Waals surface area contributed by atoms with E-state index in [-0.39, 0.29) is 0 Å². The predicted octanol–water partition coefficient (Wildman–Crippen LogP) is 5.09. The molecule has 0 amide bonds. The molecule has 0 aliphatic carbocycles. The van der Waals surface area contributed by atoms with Gasteiger partial charge in [-0.1, -0.05) is 26.7 Å². The largest absolute Gasteiger partial charge is 0.493 e. The van der Waals surface area contributed by atoms with Gasteiger partial charge in [-0.25, -0.2) is 0 Å². The lowest BCUT2D eigenvalue weighted by atomic mass is 9.98. The summed E-state index contributed by atoms with van der Waals surface area (Å²) in [6, 6.07) is 6.09. The van der Waals surface area contributed by atoms with Crippen LogP contribution in [-0.2, 0) is 6.42 Å². The summed E-state index contributed by atoms with van der Waals surface area (Å²) in [5.74, 6) is 3.03. The Morgan fingerprint density at radius 1 is 1.07 bits per heavy atom. The number of nitrogens with zero attached hydrogens (tertiary/aromatic N) is 2. The molecule has 0 radical (unpaired) electrons. The van der Waals surface area contributed by atoms with Gasteiger partial charge in [0.15, 0.2) is 11.5 Å². The average Bonchev–Trinajstić information content (AvgIpc) is 2.77. The van der Waals surface area contributed by atoms with Crippen LogP contribution in [0.25, 0.3) is 0 Å². The van der Waals surface area contributed by atoms with Gasteiger partial charge in [0.05, 0.1) is 19.9 Å². The lowest BCUT2D eigenvalue weighted by Gasteiger charge is -2.25. The van der Waals surface area contributed by atoms with E-state index in [9.17, 15) is 5.26 Å². The molecule has 7 heteroatoms. The monoisotopic (exact) mass is 410 g/mol. The maximum absolute atomic E-state index is 9.91. The van der Waals surface area contributed by atoms with Crippen LogP contribution in [0.15, 0.2) is 12.1 Å². The van der Waals surface area contributed by atoms with Gasteiger partial charge < -0.3 is 24.8 Å². The Bertz CT molecular complexity index is 937. The number of fused-ring (bicyclic) bond motifs is 2. The molecule has 3 rings (SSSR count). The van der Waals surface area contributed by atoms with Crippen LogP contribution in [0.2, 0.25) is 0 Å². The SMILES string of the molecule is CCCCNc1nc2c(c(NCCCC)c1C#N)Cc1cc(OC)c(OC)cc1O2. The highest BCUT2D eigenvalue weighted by Gasteiger charge is 2.27. The fraction of sp³-hybridized carbons (Fsp3) is 0.478. The number of rotatable bonds is 10. The van der Waals surface area contributed by atoms with Gasteiger partial charge in [-0.15, -0.1) is 0 Å². The molecule has 0 bridgehead atoms. The first-order valence-corrected chi connectivity index (χ1v) is 10.5. The van der Waals surface area contributed by atoms with Crippen molar-refractivity contribution in [3.05, 3.63) is 28.8 Å². The molecule has 1 aromatic heterocycles. The van der Waals surface area contributed by atoms with Gasteiger partial charge in [0.2, 0.25) is 5.88 Å². The van der Waals surface area contributed by atoms with Gasteiger partial charge in [0, 0.05) is 36.7 Å². The summed E-state index contributed by atoms with van der Waals surface area (Å²) in [4.78, 5) is 4.67. The number of unbranched alkanes of at least 4 members (excludes halogenated alkanes) is 2. The molecule has 2 aromatic rings. The second-order valence-electron chi connectivity index (χ2n) is 7.26. The fourth-order valence-electron chi connectivity index (χ4n) is 3.49. The summed E-state index contributed by atoms with van der Waals surface area (Å²) in [5.41, 5.74) is 3.20. The summed E-state index contributed by atoms with van der Waals surface area (Å²) in [7, 11) is 3.22. The lowest BCUT2D eigenvalue weighted by Crippen LogP contribution is -2.15. The molecule has 160 valence electrons. The molecule has 2 N–H and O–H groups in total. The Morgan fingerprint density at radius 3 is 2.37 bits per heavy atom. The first kappa shape index (κ1) is 21.6. The highest BCUT2D eigenvalue weighted by molar-refractivity contribution is 5.76. The Hall–Kier alpha value is -3.14. The smallest absolute Gasteiger partial charge is 0.226 e. The highest BCUT2D eigenvalue weighted by atomic mass is 16.5. The van der Waals surface area contributed by atoms with Crippen molar-refractivity contribution in [3.8, 4) is 29.2 Å². The van der Waals surface area contributed by atoms with E-state index >= 15 is 0 Å². The van der Waals surface area contributed by atoms with Gasteiger partial charge in [-0.2, -0.15) is 10.2 Å². The standard InChI is InChI=1S/C23H30N4O3/c1-5-7-9-25-21-16-11-15-12-19(28-3)20(29-4)13-18(15)30-23(16)27-22(17(21)14-24)26-10-8-6-2/h12-13H,5-11H2,1-4H3,(H2,25,26,27). The Labute approximate surface area is 178 Å². The van der Waals surface area contributed by atoms with Gasteiger partial charge >= 0.3 is 0 Å². The number of hydrogen-bond donors (Lipinski definition) is 2. The zero-order valence-corrected chi connectivity index (χ0v) is 18.2. The average molecular weight is 411 g/mol. The Morgan fingerprint density at radius 2 is 1.73 bits per heavy atom. The number of pyridine rings is 1. The van der Waals surface area contributed by atoms with Crippen molar-refractivity contribution in [2.45, 2.75) is 46.0 Å². The van der Waals surface area contributed by atoms with Gasteiger partial charge in [0.1, 0.15) is 23.2 Å². The topological polar surface area (TPSA) is 88.4 Å². The van der Waals surface area contributed by atoms with Crippen molar-refractivity contribution in [1.29, 1.82) is 5.26 Å². The number of benzene rings is 1. The fourth-order valence-corrected chi connectivity index (χ4v) is 3.49. The molecule has 0 unspecified atom stereocenters. The molecular formula is C23H30N4O3. The van der Waals surface area contributed by atoms with Crippen molar-refractivity contribution < 1.29 is 14.2 Å². The molecular weight excluding hydrogens is 380 g/mol. The first-order chi connectivity index (χ1) is 14.7. The Balaban J connectivity index is 2.06. The molecule has 0 saturated heterocycles. The van der Waals surface area contributed by atoms with E-state index in [0.717, 1.165) is 55.6 Å². The van der Waals surface area contributed by atoms with Gasteiger partial charge in [0.25, 0.3) is 0 Å². The lowest BCUT2D eigenvalue weighted by molar-refractivity contribution is 0.349. The van der Waals surface area contributed by atoms with Gasteiger partial charge in [-0.05, 0) is 18.9 Å². The van der Waals surface area contributed by atoms with E-state index in [0.29, 0.717) is 40.9 Å². The van der Waals surface area contributed by atoms with E-state index in [1.54, 1.807) is 14.2 Å². The summed E-state index contributed by atoms with van der Waals surface area (Å²) in [5, 5.41) is 16.7. The van der Waals surface area contributed by atoms with Crippen LogP contribution in [0.1, 0.15) is 56.2 Å². The molecule has 2 heterocycles. The van der Waals surface area contributed by atoms with Crippen LogP contribution < -0.4 is 24.8 Å². The highest BCUT2D eigenvalue weighted by Crippen LogP contribution is 2.45. The van der Waals surface area contributed by atoms with Crippen LogP contribution in [0.5, 0.6) is 23.1 Å². The van der Waals surface area contributed by atoms with E-state index in [1.807, 2.05) is 12.1 Å². The first-order valence-electron chi connectivity index (χ1n) is 10.5. The van der Waals surface area contributed by atoms with Crippen molar-refractivity contribution in [3.63, 3.8) is 0 Å². The third kappa shape index (κ3) is 4.38. The van der Waals surface area contributed by atoms with E-state index in [4.69, 9.17) is 14.2 Å². The summed E-state index contributed by atoms with van der Waals surface area (Å²) >= 11 is 0. The number of ether oxygens (including phenoxy) is 3. The summed E-state index contributed by atoms with van der Waals surface area (Å²) in [6.07, 6.45) is 4.75. The summed E-state index contributed by atoms with van der Waals surface area (Å²) in [6.45, 7) is 5.82. The van der Waals surface area contributed by atoms with E-state index in [2.05, 4.69) is 35.5 Å². The maximum atomic E-state index is 9.91. The van der Waals surface area contributed by atoms with Crippen molar-refractivity contribution >= 4 is 11.5 Å². The zero-order valence-electron chi connectivity index (χ0n) is 18.2. The minimum absolute atomic E-state index is 0.520. The number of anilines is 2. The zero-order chi connectivity index (χ0) is 21.5. The molecule has 0 saturated carbocycles. The van der Waals surface area contributed by atoms with E-state index in [1.165, 1.54) is 0 Å². The number of nitriles is 1. The quantitative estimate of drug-likeness (QED) is 0.450. The second-order valence-corrected chi connectivity index (χ2v) is 7.26. The van der Waals surface area contributed by atoms with Crippen LogP contribution in [0.4, 0.5) is 11.5 Å². The molecule has 1 aromatic carbocycles. The minimum Gasteiger partial charge on any atom is -0.493 e. The van der Waals surface area contributed by atoms with E-state index < -0.39 is 0 Å². The number of hydrogen-bond acceptors (Lipinski definition) is 7. The number of aromatic nitrogens is 1. The molecule has 7 nitrogen and oxygen atoms in total. The molecule has 0 fully saturated rings. The van der Waals surface area contributed by atoms with Gasteiger partial charge in [-0.3, -0.25) is 0 Å². The third-order valence-corrected chi connectivity index (χ3v) is 5.17. The Kier molecular flexibility index (Phi) is 7.23. The van der Waals surface area contributed by atoms with Crippen molar-refractivity contribution in [1.82, 2.24) is 4.98 Å². The summed E-state index contributed by atoms with van der Waals surface area (Å²) < 4.78 is 17.0.